The predicted octanol–water partition coefficient (Wildman–Crippen LogP) is 5.04. The Labute approximate surface area is 94.8 Å². The maximum absolute atomic E-state index is 4.10. The van der Waals surface area contributed by atoms with Gasteiger partial charge in [-0.25, -0.2) is 0 Å². The van der Waals surface area contributed by atoms with Gasteiger partial charge in [-0.15, -0.1) is 0 Å². The van der Waals surface area contributed by atoms with Gasteiger partial charge in [-0.2, -0.15) is 0 Å². The molecule has 1 aliphatic rings. The lowest BCUT2D eigenvalue weighted by molar-refractivity contribution is 0.617. The molecule has 0 N–H and O–H groups in total. The van der Waals surface area contributed by atoms with E-state index in [0.29, 0.717) is 5.92 Å². The molecule has 0 aliphatic heterocycles. The summed E-state index contributed by atoms with van der Waals surface area (Å²) < 4.78 is 0. The summed E-state index contributed by atoms with van der Waals surface area (Å²) in [4.78, 5) is 0. The first-order valence-electron chi connectivity index (χ1n) is 6.08. The normalized spacial score (nSPS) is 24.1. The minimum Gasteiger partial charge on any atom is -0.0995 e. The van der Waals surface area contributed by atoms with E-state index >= 15 is 0 Å². The third kappa shape index (κ3) is 4.51. The number of rotatable bonds is 1. The van der Waals surface area contributed by atoms with Crippen molar-refractivity contribution in [3.05, 3.63) is 35.5 Å². The standard InChI is InChI=1S/C15H24/c1-12(2)15-10-6-8-13(3)7-5-9-14(4)11-15/h7,11,15H,1,5-6,8-10H2,2-4H3. The lowest BCUT2D eigenvalue weighted by atomic mass is 9.90. The molecule has 0 heterocycles. The van der Waals surface area contributed by atoms with Gasteiger partial charge < -0.3 is 0 Å². The van der Waals surface area contributed by atoms with Crippen LogP contribution in [0.1, 0.15) is 52.9 Å². The van der Waals surface area contributed by atoms with E-state index in [1.165, 1.54) is 43.3 Å². The average Bonchev–Trinajstić information content (AvgIpc) is 2.16. The van der Waals surface area contributed by atoms with Crippen LogP contribution < -0.4 is 0 Å². The highest BCUT2D eigenvalue weighted by Gasteiger charge is 2.08. The Hall–Kier alpha value is -0.780. The summed E-state index contributed by atoms with van der Waals surface area (Å²) in [5.74, 6) is 0.607. The van der Waals surface area contributed by atoms with Gasteiger partial charge >= 0.3 is 0 Å². The highest BCUT2D eigenvalue weighted by Crippen LogP contribution is 2.24. The maximum Gasteiger partial charge on any atom is -0.00261 e. The molecule has 15 heavy (non-hydrogen) atoms. The van der Waals surface area contributed by atoms with Crippen LogP contribution in [0.5, 0.6) is 0 Å². The van der Waals surface area contributed by atoms with E-state index in [1.807, 2.05) is 0 Å². The summed E-state index contributed by atoms with van der Waals surface area (Å²) in [6.07, 6.45) is 11.1. The lowest BCUT2D eigenvalue weighted by Crippen LogP contribution is -2.00. The fourth-order valence-electron chi connectivity index (χ4n) is 2.15. The van der Waals surface area contributed by atoms with Crippen molar-refractivity contribution in [2.45, 2.75) is 52.9 Å². The average molecular weight is 204 g/mol. The monoisotopic (exact) mass is 204 g/mol. The molecule has 0 radical (unpaired) electrons. The van der Waals surface area contributed by atoms with Gasteiger partial charge in [0.05, 0.1) is 0 Å². The molecule has 0 nitrogen and oxygen atoms in total. The van der Waals surface area contributed by atoms with Gasteiger partial charge in [-0.1, -0.05) is 35.5 Å². The predicted molar refractivity (Wildman–Crippen MR) is 68.9 cm³/mol. The van der Waals surface area contributed by atoms with Crippen LogP contribution in [0.25, 0.3) is 0 Å². The Morgan fingerprint density at radius 1 is 1.27 bits per heavy atom. The quantitative estimate of drug-likeness (QED) is 0.525. The minimum atomic E-state index is 0.607. The molecule has 0 amide bonds. The summed E-state index contributed by atoms with van der Waals surface area (Å²) in [5.41, 5.74) is 4.40. The van der Waals surface area contributed by atoms with Gasteiger partial charge in [0.25, 0.3) is 0 Å². The molecule has 0 bridgehead atoms. The van der Waals surface area contributed by atoms with Crippen LogP contribution in [-0.4, -0.2) is 0 Å². The molecular weight excluding hydrogens is 180 g/mol. The molecule has 0 aromatic rings. The SMILES string of the molecule is C=C(C)C1C=C(C)CCC=C(C)CCC1. The van der Waals surface area contributed by atoms with Crippen LogP contribution in [0, 0.1) is 5.92 Å². The first-order chi connectivity index (χ1) is 7.09. The summed E-state index contributed by atoms with van der Waals surface area (Å²) in [6, 6.07) is 0. The zero-order valence-corrected chi connectivity index (χ0v) is 10.5. The van der Waals surface area contributed by atoms with Gasteiger partial charge in [0.2, 0.25) is 0 Å². The molecule has 0 aromatic carbocycles. The van der Waals surface area contributed by atoms with Crippen LogP contribution in [-0.2, 0) is 0 Å². The fraction of sp³-hybridized carbons (Fsp3) is 0.600. The van der Waals surface area contributed by atoms with Gasteiger partial charge in [0, 0.05) is 0 Å². The Kier molecular flexibility index (Phi) is 4.87. The molecule has 1 atom stereocenters. The number of hydrogen-bond acceptors (Lipinski definition) is 0. The molecule has 0 heteroatoms. The highest BCUT2D eigenvalue weighted by atomic mass is 14.1. The van der Waals surface area contributed by atoms with E-state index < -0.39 is 0 Å². The Bertz CT molecular complexity index is 278. The number of allylic oxidation sites excluding steroid dienone is 5. The van der Waals surface area contributed by atoms with Crippen molar-refractivity contribution in [2.75, 3.05) is 0 Å². The van der Waals surface area contributed by atoms with Gasteiger partial charge in [-0.3, -0.25) is 0 Å². The zero-order chi connectivity index (χ0) is 11.3. The molecule has 1 unspecified atom stereocenters. The van der Waals surface area contributed by atoms with Crippen LogP contribution in [0.15, 0.2) is 35.5 Å². The van der Waals surface area contributed by atoms with E-state index in [0.717, 1.165) is 0 Å². The molecule has 0 aromatic heterocycles. The molecule has 1 aliphatic carbocycles. The Balaban J connectivity index is 2.71. The van der Waals surface area contributed by atoms with Gasteiger partial charge in [0.1, 0.15) is 0 Å². The van der Waals surface area contributed by atoms with Crippen molar-refractivity contribution >= 4 is 0 Å². The largest absolute Gasteiger partial charge is 0.0995 e. The van der Waals surface area contributed by atoms with Crippen LogP contribution in [0.3, 0.4) is 0 Å². The van der Waals surface area contributed by atoms with Gasteiger partial charge in [-0.05, 0) is 58.8 Å². The van der Waals surface area contributed by atoms with E-state index in [4.69, 9.17) is 0 Å². The second kappa shape index (κ2) is 5.95. The third-order valence-corrected chi connectivity index (χ3v) is 3.24. The van der Waals surface area contributed by atoms with Gasteiger partial charge in [0.15, 0.2) is 0 Å². The molecule has 1 rings (SSSR count). The first kappa shape index (κ1) is 12.3. The summed E-state index contributed by atoms with van der Waals surface area (Å²) >= 11 is 0. The lowest BCUT2D eigenvalue weighted by Gasteiger charge is -2.16. The summed E-state index contributed by atoms with van der Waals surface area (Å²) in [5, 5.41) is 0. The third-order valence-electron chi connectivity index (χ3n) is 3.24. The number of hydrogen-bond donors (Lipinski definition) is 0. The van der Waals surface area contributed by atoms with Crippen molar-refractivity contribution in [1.29, 1.82) is 0 Å². The summed E-state index contributed by atoms with van der Waals surface area (Å²) in [7, 11) is 0. The first-order valence-corrected chi connectivity index (χ1v) is 6.08. The minimum absolute atomic E-state index is 0.607. The van der Waals surface area contributed by atoms with Crippen molar-refractivity contribution in [3.8, 4) is 0 Å². The van der Waals surface area contributed by atoms with Crippen LogP contribution in [0.4, 0.5) is 0 Å². The van der Waals surface area contributed by atoms with E-state index in [9.17, 15) is 0 Å². The second-order valence-corrected chi connectivity index (χ2v) is 4.95. The van der Waals surface area contributed by atoms with E-state index in [-0.39, 0.29) is 0 Å². The van der Waals surface area contributed by atoms with Crippen molar-refractivity contribution in [1.82, 2.24) is 0 Å². The van der Waals surface area contributed by atoms with Crippen molar-refractivity contribution < 1.29 is 0 Å². The van der Waals surface area contributed by atoms with E-state index in [2.05, 4.69) is 39.5 Å². The topological polar surface area (TPSA) is 0 Å². The van der Waals surface area contributed by atoms with E-state index in [1.54, 1.807) is 5.57 Å². The van der Waals surface area contributed by atoms with Crippen molar-refractivity contribution in [3.63, 3.8) is 0 Å². The Morgan fingerprint density at radius 2 is 2.00 bits per heavy atom. The Morgan fingerprint density at radius 3 is 2.67 bits per heavy atom. The fourth-order valence-corrected chi connectivity index (χ4v) is 2.15. The molecule has 0 fully saturated rings. The molecule has 84 valence electrons. The summed E-state index contributed by atoms with van der Waals surface area (Å²) in [6.45, 7) is 10.8. The van der Waals surface area contributed by atoms with Crippen LogP contribution in [0.2, 0.25) is 0 Å². The van der Waals surface area contributed by atoms with Crippen LogP contribution >= 0.6 is 0 Å². The molecule has 0 saturated heterocycles. The maximum atomic E-state index is 4.10. The molecular formula is C15H24. The molecule has 0 spiro atoms. The zero-order valence-electron chi connectivity index (χ0n) is 10.5. The highest BCUT2D eigenvalue weighted by molar-refractivity contribution is 5.13. The second-order valence-electron chi connectivity index (χ2n) is 4.95. The van der Waals surface area contributed by atoms with Crippen molar-refractivity contribution in [2.24, 2.45) is 5.92 Å². The smallest absolute Gasteiger partial charge is 0.00261 e. The molecule has 0 saturated carbocycles.